The standard InChI is InChI=1S/C15H14FN3O5/c16-11-6-5-10(9-12(11)19(22)23)18-14(20)4-1-7-17-15(21)13-3-2-8-24-13/h2-3,5-6,8-9H,1,4,7H2,(H,17,21)(H,18,20). The first kappa shape index (κ1) is 17.1. The van der Waals surface area contributed by atoms with Crippen molar-refractivity contribution in [3.05, 3.63) is 58.3 Å². The third kappa shape index (κ3) is 4.63. The second-order valence-corrected chi connectivity index (χ2v) is 4.81. The maximum Gasteiger partial charge on any atom is 0.306 e. The summed E-state index contributed by atoms with van der Waals surface area (Å²) in [6.07, 6.45) is 1.83. The smallest absolute Gasteiger partial charge is 0.306 e. The number of nitrogens with zero attached hydrogens (tertiary/aromatic N) is 1. The first-order chi connectivity index (χ1) is 11.5. The molecule has 0 radical (unpaired) electrons. The minimum atomic E-state index is -0.973. The van der Waals surface area contributed by atoms with Crippen LogP contribution in [0.15, 0.2) is 41.0 Å². The number of amides is 2. The van der Waals surface area contributed by atoms with Gasteiger partial charge in [-0.05, 0) is 30.7 Å². The van der Waals surface area contributed by atoms with Crippen molar-refractivity contribution in [1.82, 2.24) is 5.32 Å². The zero-order valence-corrected chi connectivity index (χ0v) is 12.5. The highest BCUT2D eigenvalue weighted by Crippen LogP contribution is 2.21. The number of hydrogen-bond donors (Lipinski definition) is 2. The van der Waals surface area contributed by atoms with Crippen molar-refractivity contribution in [3.8, 4) is 0 Å². The van der Waals surface area contributed by atoms with E-state index < -0.39 is 22.3 Å². The molecule has 1 aromatic heterocycles. The van der Waals surface area contributed by atoms with Gasteiger partial charge >= 0.3 is 5.69 Å². The summed E-state index contributed by atoms with van der Waals surface area (Å²) in [6, 6.07) is 6.20. The Morgan fingerprint density at radius 2 is 2.08 bits per heavy atom. The van der Waals surface area contributed by atoms with E-state index in [1.165, 1.54) is 18.4 Å². The molecule has 0 saturated carbocycles. The molecule has 0 spiro atoms. The Morgan fingerprint density at radius 1 is 1.29 bits per heavy atom. The molecule has 0 aliphatic carbocycles. The summed E-state index contributed by atoms with van der Waals surface area (Å²) < 4.78 is 18.1. The molecule has 8 nitrogen and oxygen atoms in total. The second-order valence-electron chi connectivity index (χ2n) is 4.81. The molecule has 0 bridgehead atoms. The Labute approximate surface area is 135 Å². The average molecular weight is 335 g/mol. The van der Waals surface area contributed by atoms with E-state index in [9.17, 15) is 24.1 Å². The van der Waals surface area contributed by atoms with E-state index in [4.69, 9.17) is 4.42 Å². The Kier molecular flexibility index (Phi) is 5.61. The third-order valence-corrected chi connectivity index (χ3v) is 3.04. The SMILES string of the molecule is O=C(CCCNC(=O)c1ccco1)Nc1ccc(F)c([N+](=O)[O-])c1. The van der Waals surface area contributed by atoms with Crippen molar-refractivity contribution in [1.29, 1.82) is 0 Å². The van der Waals surface area contributed by atoms with Crippen molar-refractivity contribution in [2.24, 2.45) is 0 Å². The maximum atomic E-state index is 13.2. The number of nitrogens with one attached hydrogen (secondary N) is 2. The van der Waals surface area contributed by atoms with Crippen LogP contribution < -0.4 is 10.6 Å². The minimum Gasteiger partial charge on any atom is -0.459 e. The van der Waals surface area contributed by atoms with Gasteiger partial charge in [-0.25, -0.2) is 0 Å². The van der Waals surface area contributed by atoms with Crippen LogP contribution in [0.2, 0.25) is 0 Å². The summed E-state index contributed by atoms with van der Waals surface area (Å²) in [4.78, 5) is 33.1. The molecule has 9 heteroatoms. The van der Waals surface area contributed by atoms with Gasteiger partial charge in [0.05, 0.1) is 11.2 Å². The number of carbonyl (C=O) groups excluding carboxylic acids is 2. The second kappa shape index (κ2) is 7.86. The number of nitro groups is 1. The lowest BCUT2D eigenvalue weighted by molar-refractivity contribution is -0.387. The molecule has 2 amide bonds. The molecule has 1 aromatic carbocycles. The Hall–Kier alpha value is -3.23. The summed E-state index contributed by atoms with van der Waals surface area (Å²) in [5, 5.41) is 15.7. The van der Waals surface area contributed by atoms with E-state index >= 15 is 0 Å². The molecule has 2 aromatic rings. The van der Waals surface area contributed by atoms with Crippen molar-refractivity contribution < 1.29 is 23.3 Å². The van der Waals surface area contributed by atoms with Gasteiger partial charge in [-0.3, -0.25) is 19.7 Å². The number of rotatable bonds is 7. The fourth-order valence-corrected chi connectivity index (χ4v) is 1.90. The Balaban J connectivity index is 1.76. The van der Waals surface area contributed by atoms with Crippen molar-refractivity contribution in [2.45, 2.75) is 12.8 Å². The molecule has 0 aliphatic rings. The maximum absolute atomic E-state index is 13.2. The van der Waals surface area contributed by atoms with E-state index in [0.717, 1.165) is 12.1 Å². The zero-order chi connectivity index (χ0) is 17.5. The van der Waals surface area contributed by atoms with E-state index in [1.807, 2.05) is 0 Å². The zero-order valence-electron chi connectivity index (χ0n) is 12.5. The van der Waals surface area contributed by atoms with Gasteiger partial charge in [0, 0.05) is 24.7 Å². The predicted molar refractivity (Wildman–Crippen MR) is 82.0 cm³/mol. The molecule has 24 heavy (non-hydrogen) atoms. The van der Waals surface area contributed by atoms with Crippen LogP contribution in [0, 0.1) is 15.9 Å². The molecule has 2 rings (SSSR count). The molecule has 1 heterocycles. The Bertz CT molecular complexity index is 746. The van der Waals surface area contributed by atoms with Crippen LogP contribution in [0.4, 0.5) is 15.8 Å². The molecular formula is C15H14FN3O5. The molecule has 126 valence electrons. The van der Waals surface area contributed by atoms with Crippen LogP contribution in [0.25, 0.3) is 0 Å². The first-order valence-corrected chi connectivity index (χ1v) is 7.03. The summed E-state index contributed by atoms with van der Waals surface area (Å²) in [6.45, 7) is 0.260. The van der Waals surface area contributed by atoms with Gasteiger partial charge in [0.2, 0.25) is 11.7 Å². The van der Waals surface area contributed by atoms with Crippen molar-refractivity contribution in [2.75, 3.05) is 11.9 Å². The van der Waals surface area contributed by atoms with Gasteiger partial charge in [-0.2, -0.15) is 4.39 Å². The van der Waals surface area contributed by atoms with Crippen molar-refractivity contribution >= 4 is 23.2 Å². The highest BCUT2D eigenvalue weighted by molar-refractivity contribution is 5.92. The molecule has 2 N–H and O–H groups in total. The number of furan rings is 1. The highest BCUT2D eigenvalue weighted by Gasteiger charge is 2.15. The number of hydrogen-bond acceptors (Lipinski definition) is 5. The van der Waals surface area contributed by atoms with Crippen molar-refractivity contribution in [3.63, 3.8) is 0 Å². The third-order valence-electron chi connectivity index (χ3n) is 3.04. The molecule has 0 fully saturated rings. The van der Waals surface area contributed by atoms with Crippen LogP contribution >= 0.6 is 0 Å². The molecular weight excluding hydrogens is 321 g/mol. The first-order valence-electron chi connectivity index (χ1n) is 7.03. The van der Waals surface area contributed by atoms with Gasteiger partial charge < -0.3 is 15.1 Å². The normalized spacial score (nSPS) is 10.2. The van der Waals surface area contributed by atoms with E-state index in [-0.39, 0.29) is 30.3 Å². The predicted octanol–water partition coefficient (Wildman–Crippen LogP) is 2.48. The van der Waals surface area contributed by atoms with Crippen LogP contribution in [-0.2, 0) is 4.79 Å². The van der Waals surface area contributed by atoms with Gasteiger partial charge in [0.15, 0.2) is 5.76 Å². The number of benzene rings is 1. The number of nitro benzene ring substituents is 1. The van der Waals surface area contributed by atoms with Crippen LogP contribution in [0.5, 0.6) is 0 Å². The topological polar surface area (TPSA) is 114 Å². The van der Waals surface area contributed by atoms with Crippen LogP contribution in [-0.4, -0.2) is 23.3 Å². The quantitative estimate of drug-likeness (QED) is 0.458. The van der Waals surface area contributed by atoms with E-state index in [2.05, 4.69) is 10.6 Å². The molecule has 0 aliphatic heterocycles. The van der Waals surface area contributed by atoms with E-state index in [1.54, 1.807) is 6.07 Å². The van der Waals surface area contributed by atoms with Gasteiger partial charge in [-0.1, -0.05) is 0 Å². The lowest BCUT2D eigenvalue weighted by Gasteiger charge is -2.06. The van der Waals surface area contributed by atoms with Crippen LogP contribution in [0.3, 0.4) is 0 Å². The van der Waals surface area contributed by atoms with E-state index in [0.29, 0.717) is 6.42 Å². The number of halogens is 1. The Morgan fingerprint density at radius 3 is 2.75 bits per heavy atom. The lowest BCUT2D eigenvalue weighted by atomic mass is 10.2. The summed E-state index contributed by atoms with van der Waals surface area (Å²) in [7, 11) is 0. The summed E-state index contributed by atoms with van der Waals surface area (Å²) in [5.41, 5.74) is -0.578. The fraction of sp³-hybridized carbons (Fsp3) is 0.200. The monoisotopic (exact) mass is 335 g/mol. The number of anilines is 1. The van der Waals surface area contributed by atoms with Gasteiger partial charge in [0.1, 0.15) is 0 Å². The van der Waals surface area contributed by atoms with Gasteiger partial charge in [0.25, 0.3) is 5.91 Å². The lowest BCUT2D eigenvalue weighted by Crippen LogP contribution is -2.25. The van der Waals surface area contributed by atoms with Gasteiger partial charge in [-0.15, -0.1) is 0 Å². The highest BCUT2D eigenvalue weighted by atomic mass is 19.1. The fourth-order valence-electron chi connectivity index (χ4n) is 1.90. The summed E-state index contributed by atoms with van der Waals surface area (Å²) in [5.74, 6) is -1.57. The molecule has 0 atom stereocenters. The average Bonchev–Trinajstić information content (AvgIpc) is 3.07. The minimum absolute atomic E-state index is 0.0869. The van der Waals surface area contributed by atoms with Crippen LogP contribution in [0.1, 0.15) is 23.4 Å². The molecule has 0 unspecified atom stereocenters. The summed E-state index contributed by atoms with van der Waals surface area (Å²) >= 11 is 0. The number of carbonyl (C=O) groups is 2. The molecule has 0 saturated heterocycles. The largest absolute Gasteiger partial charge is 0.459 e.